The third kappa shape index (κ3) is 3.77. The summed E-state index contributed by atoms with van der Waals surface area (Å²) in [6.45, 7) is 2.63. The molecule has 3 atom stereocenters. The normalized spacial score (nSPS) is 24.0. The van der Waals surface area contributed by atoms with E-state index in [-0.39, 0.29) is 25.0 Å². The third-order valence-corrected chi connectivity index (χ3v) is 4.25. The van der Waals surface area contributed by atoms with Crippen molar-refractivity contribution in [2.24, 2.45) is 18.7 Å². The summed E-state index contributed by atoms with van der Waals surface area (Å²) in [4.78, 5) is 1.88. The fraction of sp³-hybridized carbons (Fsp3) is 0.786. The molecule has 3 unspecified atom stereocenters. The molecule has 120 valence electrons. The van der Waals surface area contributed by atoms with Gasteiger partial charge in [-0.2, -0.15) is 18.3 Å². The van der Waals surface area contributed by atoms with Crippen molar-refractivity contribution in [3.63, 3.8) is 0 Å². The highest BCUT2D eigenvalue weighted by Gasteiger charge is 2.43. The quantitative estimate of drug-likeness (QED) is 0.929. The van der Waals surface area contributed by atoms with Crippen LogP contribution in [-0.4, -0.2) is 40.0 Å². The molecule has 0 bridgehead atoms. The Morgan fingerprint density at radius 3 is 2.71 bits per heavy atom. The van der Waals surface area contributed by atoms with Gasteiger partial charge in [0.15, 0.2) is 0 Å². The minimum Gasteiger partial charge on any atom is -0.326 e. The van der Waals surface area contributed by atoms with Gasteiger partial charge in [-0.1, -0.05) is 6.92 Å². The van der Waals surface area contributed by atoms with E-state index < -0.39 is 12.1 Å². The molecule has 2 N–H and O–H groups in total. The first kappa shape index (κ1) is 16.3. The first-order chi connectivity index (χ1) is 9.82. The van der Waals surface area contributed by atoms with E-state index in [1.807, 2.05) is 18.0 Å². The molecule has 0 spiro atoms. The predicted molar refractivity (Wildman–Crippen MR) is 74.6 cm³/mol. The van der Waals surface area contributed by atoms with Crippen LogP contribution in [0.1, 0.15) is 37.8 Å². The number of hydrogen-bond donors (Lipinski definition) is 1. The minimum atomic E-state index is -4.13. The number of nitrogens with zero attached hydrogens (tertiary/aromatic N) is 3. The zero-order chi connectivity index (χ0) is 15.6. The molecular formula is C14H23F3N4. The number of rotatable bonds is 4. The highest BCUT2D eigenvalue weighted by atomic mass is 19.4. The van der Waals surface area contributed by atoms with Gasteiger partial charge in [0, 0.05) is 31.4 Å². The maximum Gasteiger partial charge on any atom is 0.393 e. The van der Waals surface area contributed by atoms with E-state index >= 15 is 0 Å². The Hall–Kier alpha value is -1.08. The topological polar surface area (TPSA) is 47.1 Å². The van der Waals surface area contributed by atoms with Crippen LogP contribution in [0.4, 0.5) is 13.2 Å². The standard InChI is InChI=1S/C14H23F3N4/c1-3-12(18)13(10-7-19-20(2)8-10)21-6-4-5-11(9-21)14(15,16)17/h7-8,11-13H,3-6,9,18H2,1-2H3. The molecule has 0 aromatic carbocycles. The maximum atomic E-state index is 13.0. The van der Waals surface area contributed by atoms with Gasteiger partial charge >= 0.3 is 6.18 Å². The number of hydrogen-bond acceptors (Lipinski definition) is 3. The average Bonchev–Trinajstić information content (AvgIpc) is 2.84. The van der Waals surface area contributed by atoms with Crippen LogP contribution in [0.3, 0.4) is 0 Å². The second kappa shape index (κ2) is 6.36. The van der Waals surface area contributed by atoms with E-state index in [9.17, 15) is 13.2 Å². The molecule has 7 heteroatoms. The highest BCUT2D eigenvalue weighted by molar-refractivity contribution is 5.14. The fourth-order valence-corrected chi connectivity index (χ4v) is 3.07. The number of likely N-dealkylation sites (tertiary alicyclic amines) is 1. The molecule has 1 aliphatic rings. The second-order valence-corrected chi connectivity index (χ2v) is 5.84. The minimum absolute atomic E-state index is 0.0246. The first-order valence-electron chi connectivity index (χ1n) is 7.37. The van der Waals surface area contributed by atoms with E-state index in [1.54, 1.807) is 17.9 Å². The SMILES string of the molecule is CCC(N)C(c1cnn(C)c1)N1CCCC(C(F)(F)F)C1. The lowest BCUT2D eigenvalue weighted by Gasteiger charge is -2.40. The van der Waals surface area contributed by atoms with Crippen LogP contribution in [0.5, 0.6) is 0 Å². The molecule has 0 radical (unpaired) electrons. The summed E-state index contributed by atoms with van der Waals surface area (Å²) < 4.78 is 40.6. The number of alkyl halides is 3. The van der Waals surface area contributed by atoms with Gasteiger partial charge in [0.25, 0.3) is 0 Å². The Balaban J connectivity index is 2.20. The van der Waals surface area contributed by atoms with Crippen LogP contribution < -0.4 is 5.73 Å². The molecule has 0 saturated carbocycles. The largest absolute Gasteiger partial charge is 0.393 e. The molecule has 1 aliphatic heterocycles. The van der Waals surface area contributed by atoms with Crippen LogP contribution in [0.25, 0.3) is 0 Å². The Bertz CT molecular complexity index is 457. The van der Waals surface area contributed by atoms with Crippen LogP contribution in [-0.2, 0) is 7.05 Å². The summed E-state index contributed by atoms with van der Waals surface area (Å²) in [5.41, 5.74) is 7.08. The molecule has 0 amide bonds. The summed E-state index contributed by atoms with van der Waals surface area (Å²) in [6.07, 6.45) is 0.897. The lowest BCUT2D eigenvalue weighted by molar-refractivity contribution is -0.189. The van der Waals surface area contributed by atoms with Crippen molar-refractivity contribution in [2.75, 3.05) is 13.1 Å². The van der Waals surface area contributed by atoms with Gasteiger partial charge in [0.2, 0.25) is 0 Å². The summed E-state index contributed by atoms with van der Waals surface area (Å²) in [7, 11) is 1.80. The van der Waals surface area contributed by atoms with Gasteiger partial charge in [-0.25, -0.2) is 0 Å². The molecule has 1 aromatic heterocycles. The lowest BCUT2D eigenvalue weighted by atomic mass is 9.92. The van der Waals surface area contributed by atoms with Gasteiger partial charge in [-0.15, -0.1) is 0 Å². The van der Waals surface area contributed by atoms with Crippen molar-refractivity contribution in [3.8, 4) is 0 Å². The van der Waals surface area contributed by atoms with Gasteiger partial charge in [-0.05, 0) is 25.8 Å². The molecule has 0 aliphatic carbocycles. The third-order valence-electron chi connectivity index (χ3n) is 4.25. The highest BCUT2D eigenvalue weighted by Crippen LogP contribution is 2.37. The van der Waals surface area contributed by atoms with Gasteiger partial charge in [0.05, 0.1) is 18.2 Å². The average molecular weight is 304 g/mol. The van der Waals surface area contributed by atoms with E-state index in [4.69, 9.17) is 5.73 Å². The summed E-state index contributed by atoms with van der Waals surface area (Å²) in [5.74, 6) is -1.26. The molecule has 21 heavy (non-hydrogen) atoms. The smallest absolute Gasteiger partial charge is 0.326 e. The number of piperidine rings is 1. The zero-order valence-electron chi connectivity index (χ0n) is 12.5. The molecular weight excluding hydrogens is 281 g/mol. The zero-order valence-corrected chi connectivity index (χ0v) is 12.5. The lowest BCUT2D eigenvalue weighted by Crippen LogP contribution is -2.48. The fourth-order valence-electron chi connectivity index (χ4n) is 3.07. The molecule has 4 nitrogen and oxygen atoms in total. The summed E-state index contributed by atoms with van der Waals surface area (Å²) in [5, 5.41) is 4.13. The maximum absolute atomic E-state index is 13.0. The molecule has 1 fully saturated rings. The van der Waals surface area contributed by atoms with Crippen LogP contribution in [0.15, 0.2) is 12.4 Å². The van der Waals surface area contributed by atoms with Crippen molar-refractivity contribution in [3.05, 3.63) is 18.0 Å². The van der Waals surface area contributed by atoms with Gasteiger partial charge < -0.3 is 5.73 Å². The van der Waals surface area contributed by atoms with Gasteiger partial charge in [0.1, 0.15) is 0 Å². The first-order valence-corrected chi connectivity index (χ1v) is 7.37. The predicted octanol–water partition coefficient (Wildman–Crippen LogP) is 2.47. The van der Waals surface area contributed by atoms with Crippen LogP contribution >= 0.6 is 0 Å². The summed E-state index contributed by atoms with van der Waals surface area (Å²) >= 11 is 0. The Labute approximate surface area is 123 Å². The number of halogens is 3. The van der Waals surface area contributed by atoms with E-state index in [1.165, 1.54) is 0 Å². The number of nitrogens with two attached hydrogens (primary N) is 1. The molecule has 1 aromatic rings. The van der Waals surface area contributed by atoms with Gasteiger partial charge in [-0.3, -0.25) is 9.58 Å². The van der Waals surface area contributed by atoms with Crippen molar-refractivity contribution in [2.45, 2.75) is 44.4 Å². The van der Waals surface area contributed by atoms with E-state index in [0.717, 1.165) is 5.56 Å². The van der Waals surface area contributed by atoms with E-state index in [0.29, 0.717) is 19.4 Å². The van der Waals surface area contributed by atoms with Crippen molar-refractivity contribution in [1.82, 2.24) is 14.7 Å². The monoisotopic (exact) mass is 304 g/mol. The van der Waals surface area contributed by atoms with Crippen LogP contribution in [0.2, 0.25) is 0 Å². The van der Waals surface area contributed by atoms with E-state index in [2.05, 4.69) is 5.10 Å². The molecule has 1 saturated heterocycles. The Kier molecular flexibility index (Phi) is 4.93. The van der Waals surface area contributed by atoms with Crippen LogP contribution in [0, 0.1) is 5.92 Å². The van der Waals surface area contributed by atoms with Crippen molar-refractivity contribution < 1.29 is 13.2 Å². The molecule has 2 heterocycles. The van der Waals surface area contributed by atoms with Crippen molar-refractivity contribution >= 4 is 0 Å². The summed E-state index contributed by atoms with van der Waals surface area (Å²) in [6, 6.07) is -0.393. The van der Waals surface area contributed by atoms with Crippen molar-refractivity contribution in [1.29, 1.82) is 0 Å². The Morgan fingerprint density at radius 2 is 2.19 bits per heavy atom. The Morgan fingerprint density at radius 1 is 1.48 bits per heavy atom. The number of aryl methyl sites for hydroxylation is 1. The second-order valence-electron chi connectivity index (χ2n) is 5.84. The molecule has 2 rings (SSSR count). The number of aromatic nitrogens is 2.